The number of allylic oxidation sites excluding steroid dienone is 1. The molecule has 1 amide bonds. The van der Waals surface area contributed by atoms with E-state index in [0.717, 1.165) is 54.8 Å². The molecule has 0 aromatic carbocycles. The summed E-state index contributed by atoms with van der Waals surface area (Å²) >= 11 is 0. The van der Waals surface area contributed by atoms with E-state index in [1.165, 1.54) is 56.9 Å². The summed E-state index contributed by atoms with van der Waals surface area (Å²) in [5.41, 5.74) is 2.24. The van der Waals surface area contributed by atoms with Gasteiger partial charge in [0.1, 0.15) is 24.4 Å². The lowest BCUT2D eigenvalue weighted by atomic mass is 9.47. The Morgan fingerprint density at radius 3 is 2.50 bits per heavy atom. The SMILES string of the molecule is CC(C)CCCC(C)C1CCC2C3CC=C4CC(OC(=O)NCC(C)COC5OC(C)[C@H](O)C(O)C5O)CC[C@]4(C)C3CC[C@]12C. The standard InChI is InChI=1S/C38H65NO7/c1-22(2)9-8-10-24(4)29-13-14-30-28-12-11-26-19-27(15-17-37(26,6)31(28)16-18-38(29,30)7)46-36(43)39-20-23(3)21-44-35-34(42)33(41)32(40)25(5)45-35/h11,22-25,27-35,40-42H,8-10,12-21H2,1-7H3,(H,39,43)/t23?,24?,25?,27?,28?,29?,30?,31?,32-,33?,34?,35?,37-,38+/m0/s1. The van der Waals surface area contributed by atoms with Crippen molar-refractivity contribution in [3.8, 4) is 0 Å². The van der Waals surface area contributed by atoms with Gasteiger partial charge in [-0.15, -0.1) is 0 Å². The number of carbonyl (C=O) groups is 1. The molecule has 4 N–H and O–H groups in total. The van der Waals surface area contributed by atoms with Gasteiger partial charge in [0.05, 0.1) is 12.7 Å². The van der Waals surface area contributed by atoms with Gasteiger partial charge in [0.25, 0.3) is 0 Å². The fraction of sp³-hybridized carbons (Fsp3) is 0.921. The number of hydrogen-bond donors (Lipinski definition) is 4. The van der Waals surface area contributed by atoms with Crippen molar-refractivity contribution < 1.29 is 34.3 Å². The van der Waals surface area contributed by atoms with E-state index in [1.54, 1.807) is 6.92 Å². The van der Waals surface area contributed by atoms with Crippen molar-refractivity contribution in [1.29, 1.82) is 0 Å². The highest BCUT2D eigenvalue weighted by molar-refractivity contribution is 5.67. The quantitative estimate of drug-likeness (QED) is 0.187. The van der Waals surface area contributed by atoms with Crippen LogP contribution in [0.5, 0.6) is 0 Å². The zero-order chi connectivity index (χ0) is 33.4. The Hall–Kier alpha value is -1.19. The van der Waals surface area contributed by atoms with Gasteiger partial charge < -0.3 is 34.8 Å². The predicted molar refractivity (Wildman–Crippen MR) is 179 cm³/mol. The average Bonchev–Trinajstić information content (AvgIpc) is 3.37. The molecule has 8 nitrogen and oxygen atoms in total. The van der Waals surface area contributed by atoms with E-state index in [0.29, 0.717) is 12.0 Å². The third-order valence-corrected chi connectivity index (χ3v) is 13.5. The monoisotopic (exact) mass is 647 g/mol. The van der Waals surface area contributed by atoms with Crippen molar-refractivity contribution in [2.24, 2.45) is 52.3 Å². The largest absolute Gasteiger partial charge is 0.446 e. The topological polar surface area (TPSA) is 117 Å². The first kappa shape index (κ1) is 36.1. The number of ether oxygens (including phenoxy) is 3. The molecule has 5 rings (SSSR count). The summed E-state index contributed by atoms with van der Waals surface area (Å²) in [5, 5.41) is 32.9. The highest BCUT2D eigenvalue weighted by Gasteiger charge is 2.59. The van der Waals surface area contributed by atoms with Crippen molar-refractivity contribution >= 4 is 6.09 Å². The third kappa shape index (κ3) is 7.36. The minimum absolute atomic E-state index is 0.0644. The molecule has 1 saturated heterocycles. The van der Waals surface area contributed by atoms with E-state index in [-0.39, 0.29) is 24.0 Å². The normalized spacial score (nSPS) is 43.6. The van der Waals surface area contributed by atoms with E-state index in [2.05, 4.69) is 46.0 Å². The second-order valence-electron chi connectivity index (χ2n) is 17.1. The number of hydrogen-bond acceptors (Lipinski definition) is 7. The number of carbonyl (C=O) groups excluding carboxylic acids is 1. The van der Waals surface area contributed by atoms with Crippen LogP contribution in [-0.2, 0) is 14.2 Å². The van der Waals surface area contributed by atoms with Gasteiger partial charge >= 0.3 is 6.09 Å². The second-order valence-corrected chi connectivity index (χ2v) is 17.1. The molecule has 264 valence electrons. The second kappa shape index (κ2) is 14.7. The van der Waals surface area contributed by atoms with Gasteiger partial charge in [-0.25, -0.2) is 4.79 Å². The Morgan fingerprint density at radius 1 is 1.00 bits per heavy atom. The Balaban J connectivity index is 1.09. The molecule has 1 aliphatic heterocycles. The lowest BCUT2D eigenvalue weighted by Gasteiger charge is -2.58. The molecule has 46 heavy (non-hydrogen) atoms. The number of alkyl carbamates (subject to hydrolysis) is 1. The molecule has 5 aliphatic rings. The number of fused-ring (bicyclic) bond motifs is 5. The zero-order valence-electron chi connectivity index (χ0n) is 29.7. The van der Waals surface area contributed by atoms with Crippen LogP contribution in [0.3, 0.4) is 0 Å². The minimum atomic E-state index is -1.33. The molecule has 4 aliphatic carbocycles. The van der Waals surface area contributed by atoms with Gasteiger partial charge in [0.2, 0.25) is 0 Å². The molecule has 1 heterocycles. The number of rotatable bonds is 11. The molecular weight excluding hydrogens is 582 g/mol. The molecule has 0 aromatic rings. The van der Waals surface area contributed by atoms with Crippen molar-refractivity contribution in [3.63, 3.8) is 0 Å². The predicted octanol–water partition coefficient (Wildman–Crippen LogP) is 6.60. The van der Waals surface area contributed by atoms with Gasteiger partial charge in [-0.3, -0.25) is 0 Å². The molecule has 0 radical (unpaired) electrons. The maximum absolute atomic E-state index is 12.8. The molecular formula is C38H65NO7. The van der Waals surface area contributed by atoms with Crippen LogP contribution >= 0.6 is 0 Å². The van der Waals surface area contributed by atoms with E-state index in [1.807, 2.05) is 6.92 Å². The van der Waals surface area contributed by atoms with E-state index >= 15 is 0 Å². The Morgan fingerprint density at radius 2 is 1.76 bits per heavy atom. The molecule has 3 saturated carbocycles. The Labute approximate surface area is 278 Å². The van der Waals surface area contributed by atoms with Crippen molar-refractivity contribution in [3.05, 3.63) is 11.6 Å². The number of aliphatic hydroxyl groups is 3. The first-order valence-corrected chi connectivity index (χ1v) is 18.7. The lowest BCUT2D eigenvalue weighted by Crippen LogP contribution is -2.57. The minimum Gasteiger partial charge on any atom is -0.446 e. The van der Waals surface area contributed by atoms with Crippen LogP contribution < -0.4 is 5.32 Å². The fourth-order valence-corrected chi connectivity index (χ4v) is 10.7. The molecule has 11 unspecified atom stereocenters. The van der Waals surface area contributed by atoms with Gasteiger partial charge in [0.15, 0.2) is 6.29 Å². The first-order valence-electron chi connectivity index (χ1n) is 18.7. The van der Waals surface area contributed by atoms with E-state index < -0.39 is 36.8 Å². The lowest BCUT2D eigenvalue weighted by molar-refractivity contribution is -0.295. The number of nitrogens with one attached hydrogen (secondary N) is 1. The van der Waals surface area contributed by atoms with Gasteiger partial charge in [-0.05, 0) is 104 Å². The summed E-state index contributed by atoms with van der Waals surface area (Å²) in [6, 6.07) is 0. The highest BCUT2D eigenvalue weighted by atomic mass is 16.7. The van der Waals surface area contributed by atoms with Crippen LogP contribution in [0, 0.1) is 52.3 Å². The molecule has 0 aromatic heterocycles. The van der Waals surface area contributed by atoms with Crippen LogP contribution in [0.2, 0.25) is 0 Å². The zero-order valence-corrected chi connectivity index (χ0v) is 29.7. The third-order valence-electron chi connectivity index (χ3n) is 13.5. The molecule has 8 heteroatoms. The smallest absolute Gasteiger partial charge is 0.407 e. The summed E-state index contributed by atoms with van der Waals surface area (Å²) in [6.45, 7) is 16.5. The van der Waals surface area contributed by atoms with Gasteiger partial charge in [0, 0.05) is 13.0 Å². The summed E-state index contributed by atoms with van der Waals surface area (Å²) in [6.07, 6.45) is 10.2. The summed E-state index contributed by atoms with van der Waals surface area (Å²) in [5.74, 6) is 4.83. The van der Waals surface area contributed by atoms with Crippen LogP contribution in [0.25, 0.3) is 0 Å². The molecule has 14 atom stereocenters. The van der Waals surface area contributed by atoms with E-state index in [4.69, 9.17) is 14.2 Å². The summed E-state index contributed by atoms with van der Waals surface area (Å²) < 4.78 is 17.1. The van der Waals surface area contributed by atoms with Crippen LogP contribution in [0.4, 0.5) is 4.79 Å². The Kier molecular flexibility index (Phi) is 11.6. The number of aliphatic hydroxyl groups excluding tert-OH is 3. The van der Waals surface area contributed by atoms with Crippen LogP contribution in [0.15, 0.2) is 11.6 Å². The van der Waals surface area contributed by atoms with Crippen LogP contribution in [0.1, 0.15) is 119 Å². The first-order chi connectivity index (χ1) is 21.7. The highest BCUT2D eigenvalue weighted by Crippen LogP contribution is 2.67. The van der Waals surface area contributed by atoms with Crippen molar-refractivity contribution in [2.45, 2.75) is 156 Å². The van der Waals surface area contributed by atoms with Crippen molar-refractivity contribution in [1.82, 2.24) is 5.32 Å². The summed E-state index contributed by atoms with van der Waals surface area (Å²) in [4.78, 5) is 12.8. The molecule has 0 spiro atoms. The fourth-order valence-electron chi connectivity index (χ4n) is 10.7. The Bertz CT molecular complexity index is 1070. The summed E-state index contributed by atoms with van der Waals surface area (Å²) in [7, 11) is 0. The molecule has 4 fully saturated rings. The average molecular weight is 648 g/mol. The van der Waals surface area contributed by atoms with Gasteiger partial charge in [-0.2, -0.15) is 0 Å². The van der Waals surface area contributed by atoms with E-state index in [9.17, 15) is 20.1 Å². The maximum Gasteiger partial charge on any atom is 0.407 e. The van der Waals surface area contributed by atoms with Crippen molar-refractivity contribution in [2.75, 3.05) is 13.2 Å². The van der Waals surface area contributed by atoms with Crippen LogP contribution in [-0.4, -0.2) is 71.4 Å². The van der Waals surface area contributed by atoms with Gasteiger partial charge in [-0.1, -0.05) is 72.5 Å². The maximum atomic E-state index is 12.8. The molecule has 0 bridgehead atoms. The number of amides is 1.